The van der Waals surface area contributed by atoms with Crippen LogP contribution in [0.2, 0.25) is 0 Å². The van der Waals surface area contributed by atoms with Gasteiger partial charge in [0.2, 0.25) is 0 Å². The number of hydrogen-bond acceptors (Lipinski definition) is 8. The zero-order valence-electron chi connectivity index (χ0n) is 15.8. The number of fused-ring (bicyclic) bond motifs is 4. The van der Waals surface area contributed by atoms with Crippen LogP contribution in [-0.2, 0) is 22.4 Å². The second kappa shape index (κ2) is 7.00. The zero-order chi connectivity index (χ0) is 20.0. The fraction of sp³-hybridized carbons (Fsp3) is 0.300. The highest BCUT2D eigenvalue weighted by Gasteiger charge is 2.30. The molecule has 5 rings (SSSR count). The first kappa shape index (κ1) is 17.9. The van der Waals surface area contributed by atoms with Crippen molar-refractivity contribution >= 4 is 45.0 Å². The van der Waals surface area contributed by atoms with Crippen LogP contribution in [0.4, 0.5) is 11.6 Å². The minimum Gasteiger partial charge on any atom is -0.460 e. The van der Waals surface area contributed by atoms with Crippen LogP contribution in [-0.4, -0.2) is 28.1 Å². The molecule has 0 saturated carbocycles. The van der Waals surface area contributed by atoms with Gasteiger partial charge in [-0.05, 0) is 50.3 Å². The topological polar surface area (TPSA) is 88.8 Å². The van der Waals surface area contributed by atoms with E-state index in [2.05, 4.69) is 10.5 Å². The van der Waals surface area contributed by atoms with Gasteiger partial charge in [-0.15, -0.1) is 16.4 Å². The monoisotopic (exact) mass is 409 g/mol. The Labute approximate surface area is 170 Å². The predicted octanol–water partition coefficient (Wildman–Crippen LogP) is 2.91. The molecule has 0 radical (unpaired) electrons. The van der Waals surface area contributed by atoms with E-state index in [1.807, 2.05) is 30.3 Å². The molecule has 1 N–H and O–H groups in total. The lowest BCUT2D eigenvalue weighted by atomic mass is 9.97. The van der Waals surface area contributed by atoms with Gasteiger partial charge in [0.1, 0.15) is 4.83 Å². The third-order valence-corrected chi connectivity index (χ3v) is 6.23. The Morgan fingerprint density at radius 1 is 1.24 bits per heavy atom. The van der Waals surface area contributed by atoms with Gasteiger partial charge in [0.05, 0.1) is 17.7 Å². The highest BCUT2D eigenvalue weighted by Crippen LogP contribution is 2.35. The number of para-hydroxylation sites is 1. The number of aromatic nitrogens is 2. The number of nitrogens with one attached hydrogen (secondary N) is 1. The normalized spacial score (nSPS) is 15.3. The lowest BCUT2D eigenvalue weighted by Gasteiger charge is -2.27. The van der Waals surface area contributed by atoms with Crippen LogP contribution >= 0.6 is 11.3 Å². The molecule has 0 fully saturated rings. The van der Waals surface area contributed by atoms with Crippen LogP contribution in [0.1, 0.15) is 30.2 Å². The number of rotatable bonds is 3. The molecule has 3 heterocycles. The molecule has 3 aromatic rings. The van der Waals surface area contributed by atoms with Crippen molar-refractivity contribution in [3.8, 4) is 0 Å². The van der Waals surface area contributed by atoms with E-state index in [1.165, 1.54) is 14.6 Å². The molecule has 0 unspecified atom stereocenters. The highest BCUT2D eigenvalue weighted by atomic mass is 32.1. The maximum Gasteiger partial charge on any atom is 0.377 e. The summed E-state index contributed by atoms with van der Waals surface area (Å²) in [7, 11) is 0. The molecule has 0 spiro atoms. The summed E-state index contributed by atoms with van der Waals surface area (Å²) >= 11 is 1.58. The van der Waals surface area contributed by atoms with E-state index < -0.39 is 5.97 Å². The van der Waals surface area contributed by atoms with E-state index >= 15 is 0 Å². The summed E-state index contributed by atoms with van der Waals surface area (Å²) in [6.45, 7) is 1.93. The first-order chi connectivity index (χ1) is 14.2. The molecule has 29 heavy (non-hydrogen) atoms. The van der Waals surface area contributed by atoms with Crippen molar-refractivity contribution < 1.29 is 9.53 Å². The Kier molecular flexibility index (Phi) is 4.31. The molecule has 2 aliphatic rings. The molecule has 1 aromatic carbocycles. The Hall–Kier alpha value is -3.20. The second-order valence-corrected chi connectivity index (χ2v) is 7.96. The number of aryl methyl sites for hydroxylation is 2. The maximum atomic E-state index is 13.4. The third-order valence-electron chi connectivity index (χ3n) is 5.05. The van der Waals surface area contributed by atoms with Crippen molar-refractivity contribution in [2.45, 2.75) is 32.6 Å². The molecule has 0 atom stereocenters. The SMILES string of the molecule is CCOC(=O)C1=NN(c2ccccc2)c2nc3sc4c(c3c(=O)n2N1)CCCC4. The van der Waals surface area contributed by atoms with E-state index in [0.717, 1.165) is 31.2 Å². The number of carbonyl (C=O) groups excluding carboxylic acids is 1. The fourth-order valence-corrected chi connectivity index (χ4v) is 4.99. The first-order valence-electron chi connectivity index (χ1n) is 9.62. The molecule has 9 heteroatoms. The van der Waals surface area contributed by atoms with Gasteiger partial charge in [0.15, 0.2) is 0 Å². The zero-order valence-corrected chi connectivity index (χ0v) is 16.7. The number of nitrogens with zero attached hydrogens (tertiary/aromatic N) is 4. The van der Waals surface area contributed by atoms with Crippen LogP contribution in [0.15, 0.2) is 40.2 Å². The van der Waals surface area contributed by atoms with Gasteiger partial charge in [0.25, 0.3) is 17.3 Å². The summed E-state index contributed by atoms with van der Waals surface area (Å²) in [4.78, 5) is 32.5. The van der Waals surface area contributed by atoms with Gasteiger partial charge >= 0.3 is 5.97 Å². The average molecular weight is 409 g/mol. The largest absolute Gasteiger partial charge is 0.460 e. The number of thiophene rings is 1. The van der Waals surface area contributed by atoms with Crippen LogP contribution < -0.4 is 16.0 Å². The standard InChI is InChI=1S/C20H19N5O3S/c1-2-28-19(27)16-22-24(12-8-4-3-5-9-12)20-21-17-15(18(26)25(20)23-16)13-10-6-7-11-14(13)29-17/h3-5,8-9H,2,6-7,10-11H2,1H3,(H,22,23). The van der Waals surface area contributed by atoms with Gasteiger partial charge in [-0.2, -0.15) is 14.7 Å². The summed E-state index contributed by atoms with van der Waals surface area (Å²) in [5.41, 5.74) is 4.38. The van der Waals surface area contributed by atoms with E-state index in [1.54, 1.807) is 18.3 Å². The van der Waals surface area contributed by atoms with Crippen molar-refractivity contribution in [3.05, 3.63) is 51.1 Å². The lowest BCUT2D eigenvalue weighted by Crippen LogP contribution is -2.45. The second-order valence-electron chi connectivity index (χ2n) is 6.87. The molecule has 1 aliphatic heterocycles. The van der Waals surface area contributed by atoms with Crippen LogP contribution in [0.5, 0.6) is 0 Å². The molecular formula is C20H19N5O3S. The number of ether oxygens (including phenoxy) is 1. The van der Waals surface area contributed by atoms with Gasteiger partial charge in [-0.3, -0.25) is 10.2 Å². The highest BCUT2D eigenvalue weighted by molar-refractivity contribution is 7.18. The number of hydrogen-bond donors (Lipinski definition) is 1. The number of amidine groups is 1. The van der Waals surface area contributed by atoms with E-state index in [4.69, 9.17) is 9.72 Å². The molecule has 148 valence electrons. The smallest absolute Gasteiger partial charge is 0.377 e. The Morgan fingerprint density at radius 2 is 2.03 bits per heavy atom. The molecule has 0 bridgehead atoms. The van der Waals surface area contributed by atoms with Crippen molar-refractivity contribution in [2.75, 3.05) is 17.0 Å². The summed E-state index contributed by atoms with van der Waals surface area (Å²) in [6.07, 6.45) is 4.06. The van der Waals surface area contributed by atoms with Gasteiger partial charge < -0.3 is 4.74 Å². The summed E-state index contributed by atoms with van der Waals surface area (Å²) < 4.78 is 6.39. The maximum absolute atomic E-state index is 13.4. The third kappa shape index (κ3) is 2.89. The number of esters is 1. The molecule has 0 amide bonds. The first-order valence-corrected chi connectivity index (χ1v) is 10.4. The number of anilines is 2. The van der Waals surface area contributed by atoms with Crippen molar-refractivity contribution in [2.24, 2.45) is 5.10 Å². The number of carbonyl (C=O) groups is 1. The Bertz CT molecular complexity index is 1200. The van der Waals surface area contributed by atoms with E-state index in [9.17, 15) is 9.59 Å². The molecule has 0 saturated heterocycles. The molecule has 2 aromatic heterocycles. The van der Waals surface area contributed by atoms with Crippen molar-refractivity contribution in [1.82, 2.24) is 9.66 Å². The minimum atomic E-state index is -0.626. The van der Waals surface area contributed by atoms with Crippen LogP contribution in [0.25, 0.3) is 10.2 Å². The molecular weight excluding hydrogens is 390 g/mol. The van der Waals surface area contributed by atoms with E-state index in [-0.39, 0.29) is 18.0 Å². The Morgan fingerprint density at radius 3 is 2.83 bits per heavy atom. The number of benzene rings is 1. The lowest BCUT2D eigenvalue weighted by molar-refractivity contribution is -0.135. The predicted molar refractivity (Wildman–Crippen MR) is 113 cm³/mol. The summed E-state index contributed by atoms with van der Waals surface area (Å²) in [6, 6.07) is 9.30. The minimum absolute atomic E-state index is 0.0597. The van der Waals surface area contributed by atoms with Gasteiger partial charge in [-0.25, -0.2) is 4.79 Å². The molecule has 8 nitrogen and oxygen atoms in total. The van der Waals surface area contributed by atoms with E-state index in [0.29, 0.717) is 21.9 Å². The van der Waals surface area contributed by atoms with Gasteiger partial charge in [-0.1, -0.05) is 18.2 Å². The van der Waals surface area contributed by atoms with Crippen LogP contribution in [0.3, 0.4) is 0 Å². The molecule has 1 aliphatic carbocycles. The Balaban J connectivity index is 1.73. The summed E-state index contributed by atoms with van der Waals surface area (Å²) in [5, 5.41) is 6.53. The van der Waals surface area contributed by atoms with Crippen molar-refractivity contribution in [1.29, 1.82) is 0 Å². The summed E-state index contributed by atoms with van der Waals surface area (Å²) in [5.74, 6) is -0.366. The number of hydrazone groups is 1. The van der Waals surface area contributed by atoms with Crippen molar-refractivity contribution in [3.63, 3.8) is 0 Å². The van der Waals surface area contributed by atoms with Crippen LogP contribution in [0, 0.1) is 0 Å². The van der Waals surface area contributed by atoms with Gasteiger partial charge in [0, 0.05) is 4.88 Å². The fourth-order valence-electron chi connectivity index (χ4n) is 3.74. The average Bonchev–Trinajstić information content (AvgIpc) is 3.13. The quantitative estimate of drug-likeness (QED) is 0.669.